The van der Waals surface area contributed by atoms with E-state index in [1.54, 1.807) is 7.11 Å². The molecular formula is C32H28N4O. The first kappa shape index (κ1) is 22.8. The number of anilines is 1. The number of methoxy groups -OCH3 is 1. The van der Waals surface area contributed by atoms with E-state index in [2.05, 4.69) is 119 Å². The number of ether oxygens (including phenoxy) is 1. The Kier molecular flexibility index (Phi) is 6.03. The van der Waals surface area contributed by atoms with Crippen molar-refractivity contribution in [3.05, 3.63) is 120 Å². The van der Waals surface area contributed by atoms with Crippen LogP contribution in [0.2, 0.25) is 0 Å². The fourth-order valence-electron chi connectivity index (χ4n) is 4.98. The molecule has 0 aliphatic carbocycles. The Morgan fingerprint density at radius 2 is 1.49 bits per heavy atom. The number of benzene rings is 4. The molecule has 2 aromatic heterocycles. The van der Waals surface area contributed by atoms with Crippen molar-refractivity contribution >= 4 is 27.5 Å². The number of nitrogens with zero attached hydrogens (tertiary/aromatic N) is 2. The summed E-state index contributed by atoms with van der Waals surface area (Å²) < 4.78 is 5.40. The second-order valence-corrected chi connectivity index (χ2v) is 9.31. The summed E-state index contributed by atoms with van der Waals surface area (Å²) in [6, 6.07) is 33.5. The topological polar surface area (TPSA) is 62.8 Å². The predicted molar refractivity (Wildman–Crippen MR) is 151 cm³/mol. The first-order valence-electron chi connectivity index (χ1n) is 12.5. The molecular weight excluding hydrogens is 456 g/mol. The second kappa shape index (κ2) is 9.78. The summed E-state index contributed by atoms with van der Waals surface area (Å²) in [6.45, 7) is 2.75. The average molecular weight is 485 g/mol. The van der Waals surface area contributed by atoms with Crippen LogP contribution in [-0.4, -0.2) is 28.8 Å². The molecule has 37 heavy (non-hydrogen) atoms. The summed E-state index contributed by atoms with van der Waals surface area (Å²) >= 11 is 0. The Hall–Kier alpha value is -4.64. The number of para-hydroxylation sites is 1. The second-order valence-electron chi connectivity index (χ2n) is 9.31. The number of nitrogens with one attached hydrogen (secondary N) is 2. The van der Waals surface area contributed by atoms with Gasteiger partial charge in [0.15, 0.2) is 5.82 Å². The van der Waals surface area contributed by atoms with Gasteiger partial charge < -0.3 is 15.0 Å². The zero-order chi connectivity index (χ0) is 25.2. The summed E-state index contributed by atoms with van der Waals surface area (Å²) in [5, 5.41) is 16.3. The van der Waals surface area contributed by atoms with Crippen molar-refractivity contribution in [1.82, 2.24) is 15.2 Å². The molecule has 2 N–H and O–H groups in total. The fourth-order valence-corrected chi connectivity index (χ4v) is 4.98. The number of rotatable bonds is 7. The minimum absolute atomic E-state index is 0.0967. The van der Waals surface area contributed by atoms with Crippen molar-refractivity contribution in [3.8, 4) is 17.0 Å². The Morgan fingerprint density at radius 3 is 2.24 bits per heavy atom. The molecule has 0 amide bonds. The average Bonchev–Trinajstić information content (AvgIpc) is 3.38. The highest BCUT2D eigenvalue weighted by molar-refractivity contribution is 6.00. The highest BCUT2D eigenvalue weighted by Gasteiger charge is 2.20. The molecule has 0 bridgehead atoms. The number of H-pyrrole nitrogens is 1. The van der Waals surface area contributed by atoms with E-state index in [4.69, 9.17) is 4.74 Å². The Balaban J connectivity index is 1.38. The third-order valence-corrected chi connectivity index (χ3v) is 7.00. The van der Waals surface area contributed by atoms with Gasteiger partial charge in [0.25, 0.3) is 0 Å². The van der Waals surface area contributed by atoms with Crippen molar-refractivity contribution in [2.24, 2.45) is 0 Å². The monoisotopic (exact) mass is 484 g/mol. The maximum atomic E-state index is 5.40. The van der Waals surface area contributed by atoms with Crippen LogP contribution < -0.4 is 10.1 Å². The Morgan fingerprint density at radius 1 is 0.784 bits per heavy atom. The molecule has 0 saturated carbocycles. The summed E-state index contributed by atoms with van der Waals surface area (Å²) in [5.41, 5.74) is 6.75. The summed E-state index contributed by atoms with van der Waals surface area (Å²) in [6.07, 6.45) is 2.12. The summed E-state index contributed by atoms with van der Waals surface area (Å²) in [7, 11) is 1.69. The minimum Gasteiger partial charge on any atom is -0.497 e. The SMILES string of the molecule is COc1ccc(C(CNc2nnc(-c3ccc(C)cc3)c3ccccc23)c2c[nH]c3ccccc23)cc1. The third-order valence-electron chi connectivity index (χ3n) is 7.00. The van der Waals surface area contributed by atoms with E-state index in [9.17, 15) is 0 Å². The van der Waals surface area contributed by atoms with Gasteiger partial charge in [-0.15, -0.1) is 10.2 Å². The van der Waals surface area contributed by atoms with Gasteiger partial charge >= 0.3 is 0 Å². The van der Waals surface area contributed by atoms with Crippen molar-refractivity contribution in [3.63, 3.8) is 0 Å². The molecule has 2 heterocycles. The first-order chi connectivity index (χ1) is 18.2. The lowest BCUT2D eigenvalue weighted by Crippen LogP contribution is -2.15. The molecule has 0 spiro atoms. The molecule has 0 radical (unpaired) electrons. The normalized spacial score (nSPS) is 12.1. The fraction of sp³-hybridized carbons (Fsp3) is 0.125. The lowest BCUT2D eigenvalue weighted by Gasteiger charge is -2.20. The van der Waals surface area contributed by atoms with E-state index in [0.717, 1.165) is 39.1 Å². The Bertz CT molecular complexity index is 1670. The van der Waals surface area contributed by atoms with Gasteiger partial charge in [-0.05, 0) is 36.2 Å². The summed E-state index contributed by atoms with van der Waals surface area (Å²) in [5.74, 6) is 1.72. The van der Waals surface area contributed by atoms with Crippen molar-refractivity contribution in [2.75, 3.05) is 19.0 Å². The highest BCUT2D eigenvalue weighted by Crippen LogP contribution is 2.34. The lowest BCUT2D eigenvalue weighted by molar-refractivity contribution is 0.414. The van der Waals surface area contributed by atoms with E-state index in [1.165, 1.54) is 22.1 Å². The van der Waals surface area contributed by atoms with Gasteiger partial charge in [-0.2, -0.15) is 0 Å². The van der Waals surface area contributed by atoms with Gasteiger partial charge in [0.1, 0.15) is 11.4 Å². The molecule has 1 unspecified atom stereocenters. The van der Waals surface area contributed by atoms with E-state index in [1.807, 2.05) is 12.1 Å². The van der Waals surface area contributed by atoms with E-state index in [-0.39, 0.29) is 5.92 Å². The molecule has 0 aliphatic heterocycles. The van der Waals surface area contributed by atoms with Crippen LogP contribution in [0.15, 0.2) is 103 Å². The maximum absolute atomic E-state index is 5.40. The van der Waals surface area contributed by atoms with Crippen LogP contribution >= 0.6 is 0 Å². The summed E-state index contributed by atoms with van der Waals surface area (Å²) in [4.78, 5) is 3.44. The standard InChI is InChI=1S/C32H28N4O/c1-21-11-13-23(14-12-21)31-26-8-3-4-9-27(26)32(36-35-31)34-19-28(22-15-17-24(37-2)18-16-22)29-20-33-30-10-6-5-7-25(29)30/h3-18,20,28,33H,19H2,1-2H3,(H,34,36). The number of aromatic amines is 1. The predicted octanol–water partition coefficient (Wildman–Crippen LogP) is 7.34. The first-order valence-corrected chi connectivity index (χ1v) is 12.5. The third kappa shape index (κ3) is 4.40. The van der Waals surface area contributed by atoms with Crippen molar-refractivity contribution in [1.29, 1.82) is 0 Å². The molecule has 0 aliphatic rings. The Labute approximate surface area is 216 Å². The maximum Gasteiger partial charge on any atom is 0.156 e. The van der Waals surface area contributed by atoms with Crippen LogP contribution in [0.25, 0.3) is 32.9 Å². The number of aromatic nitrogens is 3. The van der Waals surface area contributed by atoms with Crippen molar-refractivity contribution in [2.45, 2.75) is 12.8 Å². The number of hydrogen-bond donors (Lipinski definition) is 2. The van der Waals surface area contributed by atoms with E-state index in [0.29, 0.717) is 6.54 Å². The lowest BCUT2D eigenvalue weighted by atomic mass is 9.90. The number of fused-ring (bicyclic) bond motifs is 2. The quantitative estimate of drug-likeness (QED) is 0.249. The van der Waals surface area contributed by atoms with Gasteiger partial charge in [0.05, 0.1) is 7.11 Å². The zero-order valence-electron chi connectivity index (χ0n) is 20.9. The molecule has 4 aromatic carbocycles. The van der Waals surface area contributed by atoms with Crippen LogP contribution in [0.5, 0.6) is 5.75 Å². The zero-order valence-corrected chi connectivity index (χ0v) is 20.9. The van der Waals surface area contributed by atoms with E-state index < -0.39 is 0 Å². The molecule has 5 heteroatoms. The van der Waals surface area contributed by atoms with Gasteiger partial charge in [0, 0.05) is 45.9 Å². The highest BCUT2D eigenvalue weighted by atomic mass is 16.5. The van der Waals surface area contributed by atoms with E-state index >= 15 is 0 Å². The molecule has 6 rings (SSSR count). The van der Waals surface area contributed by atoms with Crippen LogP contribution in [-0.2, 0) is 0 Å². The van der Waals surface area contributed by atoms with Crippen LogP contribution in [0.4, 0.5) is 5.82 Å². The van der Waals surface area contributed by atoms with Gasteiger partial charge in [-0.25, -0.2) is 0 Å². The van der Waals surface area contributed by atoms with Gasteiger partial charge in [0.2, 0.25) is 0 Å². The van der Waals surface area contributed by atoms with Crippen LogP contribution in [0.3, 0.4) is 0 Å². The van der Waals surface area contributed by atoms with Crippen LogP contribution in [0, 0.1) is 6.92 Å². The smallest absolute Gasteiger partial charge is 0.156 e. The van der Waals surface area contributed by atoms with Crippen molar-refractivity contribution < 1.29 is 4.74 Å². The van der Waals surface area contributed by atoms with Gasteiger partial charge in [-0.3, -0.25) is 0 Å². The minimum atomic E-state index is 0.0967. The number of hydrogen-bond acceptors (Lipinski definition) is 4. The number of aryl methyl sites for hydroxylation is 1. The largest absolute Gasteiger partial charge is 0.497 e. The van der Waals surface area contributed by atoms with Gasteiger partial charge in [-0.1, -0.05) is 84.4 Å². The molecule has 5 nitrogen and oxygen atoms in total. The molecule has 0 fully saturated rings. The molecule has 1 atom stereocenters. The molecule has 6 aromatic rings. The molecule has 0 saturated heterocycles. The van der Waals surface area contributed by atoms with Crippen LogP contribution in [0.1, 0.15) is 22.6 Å². The molecule has 182 valence electrons.